The fourth-order valence-electron chi connectivity index (χ4n) is 2.76. The fourth-order valence-corrected chi connectivity index (χ4v) is 4.04. The van der Waals surface area contributed by atoms with Crippen LogP contribution in [0.1, 0.15) is 10.4 Å². The van der Waals surface area contributed by atoms with E-state index in [0.29, 0.717) is 20.7 Å². The van der Waals surface area contributed by atoms with E-state index in [9.17, 15) is 4.79 Å². The topological polar surface area (TPSA) is 42.0 Å². The summed E-state index contributed by atoms with van der Waals surface area (Å²) in [5.74, 6) is -0.286. The van der Waals surface area contributed by atoms with Crippen molar-refractivity contribution in [1.29, 1.82) is 0 Å². The number of hydrogen-bond donors (Lipinski definition) is 1. The number of carbonyl (C=O) groups excluding carboxylic acids is 1. The van der Waals surface area contributed by atoms with E-state index < -0.39 is 0 Å². The Hall–Kier alpha value is -2.66. The molecule has 0 fully saturated rings. The van der Waals surface area contributed by atoms with E-state index in [2.05, 4.69) is 10.3 Å². The van der Waals surface area contributed by atoms with Crippen LogP contribution in [0.3, 0.4) is 0 Å². The van der Waals surface area contributed by atoms with Crippen molar-refractivity contribution in [2.45, 2.75) is 0 Å². The van der Waals surface area contributed by atoms with Crippen LogP contribution in [0.5, 0.6) is 0 Å². The van der Waals surface area contributed by atoms with Crippen molar-refractivity contribution in [3.8, 4) is 21.7 Å². The zero-order chi connectivity index (χ0) is 19.5. The summed E-state index contributed by atoms with van der Waals surface area (Å²) < 4.78 is 0. The van der Waals surface area contributed by atoms with E-state index in [-0.39, 0.29) is 5.91 Å². The van der Waals surface area contributed by atoms with Gasteiger partial charge in [0.2, 0.25) is 0 Å². The molecule has 1 N–H and O–H groups in total. The van der Waals surface area contributed by atoms with E-state index in [1.54, 1.807) is 18.2 Å². The summed E-state index contributed by atoms with van der Waals surface area (Å²) >= 11 is 13.4. The van der Waals surface area contributed by atoms with Crippen LogP contribution >= 0.6 is 34.5 Å². The molecule has 6 heteroatoms. The monoisotopic (exact) mass is 424 g/mol. The third-order valence-electron chi connectivity index (χ3n) is 4.11. The second-order valence-corrected chi connectivity index (χ2v) is 7.83. The Morgan fingerprint density at radius 3 is 2.11 bits per heavy atom. The zero-order valence-electron chi connectivity index (χ0n) is 14.5. The summed E-state index contributed by atoms with van der Waals surface area (Å²) in [6, 6.07) is 24.7. The van der Waals surface area contributed by atoms with Gasteiger partial charge >= 0.3 is 0 Å². The van der Waals surface area contributed by atoms with Gasteiger partial charge in [0.15, 0.2) is 5.13 Å². The molecule has 0 saturated heterocycles. The molecule has 0 radical (unpaired) electrons. The van der Waals surface area contributed by atoms with Crippen molar-refractivity contribution in [1.82, 2.24) is 4.98 Å². The minimum absolute atomic E-state index is 0.286. The molecule has 4 rings (SSSR count). The summed E-state index contributed by atoms with van der Waals surface area (Å²) in [7, 11) is 0. The van der Waals surface area contributed by atoms with Crippen molar-refractivity contribution in [2.75, 3.05) is 5.32 Å². The van der Waals surface area contributed by atoms with Gasteiger partial charge < -0.3 is 0 Å². The summed E-state index contributed by atoms with van der Waals surface area (Å²) in [6.45, 7) is 0. The predicted molar refractivity (Wildman–Crippen MR) is 117 cm³/mol. The molecule has 0 aliphatic heterocycles. The van der Waals surface area contributed by atoms with Crippen molar-refractivity contribution in [2.24, 2.45) is 0 Å². The highest BCUT2D eigenvalue weighted by molar-refractivity contribution is 7.19. The first-order valence-electron chi connectivity index (χ1n) is 8.50. The molecule has 1 amide bonds. The number of aromatic nitrogens is 1. The molecular formula is C22H14Cl2N2OS. The highest BCUT2D eigenvalue weighted by Crippen LogP contribution is 2.39. The molecule has 1 aromatic heterocycles. The number of thiazole rings is 1. The summed E-state index contributed by atoms with van der Waals surface area (Å²) in [5, 5.41) is 4.14. The molecule has 3 nitrogen and oxygen atoms in total. The number of nitrogens with one attached hydrogen (secondary N) is 1. The number of amides is 1. The van der Waals surface area contributed by atoms with Gasteiger partial charge in [-0.2, -0.15) is 0 Å². The normalized spacial score (nSPS) is 10.6. The van der Waals surface area contributed by atoms with E-state index in [1.807, 2.05) is 60.7 Å². The Bertz CT molecular complexity index is 1070. The minimum Gasteiger partial charge on any atom is -0.298 e. The van der Waals surface area contributed by atoms with Gasteiger partial charge in [-0.15, -0.1) is 0 Å². The van der Waals surface area contributed by atoms with Crippen LogP contribution in [0, 0.1) is 0 Å². The number of rotatable bonds is 4. The van der Waals surface area contributed by atoms with Crippen LogP contribution in [0.15, 0.2) is 78.9 Å². The van der Waals surface area contributed by atoms with Gasteiger partial charge in [0.1, 0.15) is 0 Å². The van der Waals surface area contributed by atoms with Gasteiger partial charge in [-0.1, -0.05) is 95.2 Å². The smallest absolute Gasteiger partial charge is 0.257 e. The lowest BCUT2D eigenvalue weighted by atomic mass is 10.1. The number of benzene rings is 3. The van der Waals surface area contributed by atoms with Crippen LogP contribution in [0.4, 0.5) is 5.13 Å². The van der Waals surface area contributed by atoms with Crippen LogP contribution in [0.25, 0.3) is 21.7 Å². The van der Waals surface area contributed by atoms with E-state index >= 15 is 0 Å². The Kier molecular flexibility index (Phi) is 5.44. The molecule has 3 aromatic carbocycles. The molecule has 4 aromatic rings. The number of halogens is 2. The number of hydrogen-bond acceptors (Lipinski definition) is 3. The molecule has 0 aliphatic carbocycles. The van der Waals surface area contributed by atoms with E-state index in [1.165, 1.54) is 11.3 Å². The average Bonchev–Trinajstić information content (AvgIpc) is 3.15. The Labute approximate surface area is 176 Å². The maximum atomic E-state index is 12.6. The van der Waals surface area contributed by atoms with E-state index in [0.717, 1.165) is 21.7 Å². The zero-order valence-corrected chi connectivity index (χ0v) is 16.9. The number of carbonyl (C=O) groups is 1. The number of anilines is 1. The maximum Gasteiger partial charge on any atom is 0.257 e. The minimum atomic E-state index is -0.286. The highest BCUT2D eigenvalue weighted by Gasteiger charge is 2.17. The van der Waals surface area contributed by atoms with Gasteiger partial charge in [-0.05, 0) is 23.8 Å². The molecule has 0 saturated carbocycles. The summed E-state index contributed by atoms with van der Waals surface area (Å²) in [5.41, 5.74) is 3.30. The van der Waals surface area contributed by atoms with Crippen LogP contribution < -0.4 is 5.32 Å². The van der Waals surface area contributed by atoms with Crippen molar-refractivity contribution in [3.05, 3.63) is 94.5 Å². The first kappa shape index (κ1) is 18.7. The third-order valence-corrected chi connectivity index (χ3v) is 5.87. The van der Waals surface area contributed by atoms with Gasteiger partial charge in [0.05, 0.1) is 20.6 Å². The predicted octanol–water partition coefficient (Wildman–Crippen LogP) is 7.04. The number of nitrogens with zero attached hydrogens (tertiary/aromatic N) is 1. The largest absolute Gasteiger partial charge is 0.298 e. The molecule has 0 atom stereocenters. The van der Waals surface area contributed by atoms with Crippen LogP contribution in [-0.2, 0) is 0 Å². The molecule has 0 bridgehead atoms. The Morgan fingerprint density at radius 1 is 0.821 bits per heavy atom. The first-order chi connectivity index (χ1) is 13.6. The second-order valence-electron chi connectivity index (χ2n) is 6.01. The third kappa shape index (κ3) is 3.94. The molecule has 0 unspecified atom stereocenters. The molecule has 0 aliphatic rings. The molecule has 1 heterocycles. The lowest BCUT2D eigenvalue weighted by Gasteiger charge is -2.03. The molecular weight excluding hydrogens is 411 g/mol. The fraction of sp³-hybridized carbons (Fsp3) is 0. The quantitative estimate of drug-likeness (QED) is 0.381. The second kappa shape index (κ2) is 8.15. The average molecular weight is 425 g/mol. The Balaban J connectivity index is 1.71. The van der Waals surface area contributed by atoms with Crippen molar-refractivity contribution < 1.29 is 4.79 Å². The molecule has 0 spiro atoms. The standard InChI is InChI=1S/C22H14Cl2N2OS/c23-17-12-11-16(13-18(17)24)21(27)26-22-25-19(14-7-3-1-4-8-14)20(28-22)15-9-5-2-6-10-15/h1-13H,(H,25,26,27). The lowest BCUT2D eigenvalue weighted by molar-refractivity contribution is 0.102. The van der Waals surface area contributed by atoms with Crippen molar-refractivity contribution in [3.63, 3.8) is 0 Å². The summed E-state index contributed by atoms with van der Waals surface area (Å²) in [4.78, 5) is 18.3. The first-order valence-corrected chi connectivity index (χ1v) is 10.1. The van der Waals surface area contributed by atoms with Gasteiger partial charge in [0, 0.05) is 11.1 Å². The lowest BCUT2D eigenvalue weighted by Crippen LogP contribution is -2.11. The van der Waals surface area contributed by atoms with Crippen LogP contribution in [0.2, 0.25) is 10.0 Å². The maximum absolute atomic E-state index is 12.6. The van der Waals surface area contributed by atoms with Crippen molar-refractivity contribution >= 4 is 45.6 Å². The van der Waals surface area contributed by atoms with Gasteiger partial charge in [-0.3, -0.25) is 10.1 Å². The Morgan fingerprint density at radius 2 is 1.46 bits per heavy atom. The molecule has 28 heavy (non-hydrogen) atoms. The summed E-state index contributed by atoms with van der Waals surface area (Å²) in [6.07, 6.45) is 0. The van der Waals surface area contributed by atoms with E-state index in [4.69, 9.17) is 23.2 Å². The SMILES string of the molecule is O=C(Nc1nc(-c2ccccc2)c(-c2ccccc2)s1)c1ccc(Cl)c(Cl)c1. The van der Waals surface area contributed by atoms with Gasteiger partial charge in [0.25, 0.3) is 5.91 Å². The van der Waals surface area contributed by atoms with Gasteiger partial charge in [-0.25, -0.2) is 4.98 Å². The molecule has 138 valence electrons. The highest BCUT2D eigenvalue weighted by atomic mass is 35.5. The van der Waals surface area contributed by atoms with Crippen LogP contribution in [-0.4, -0.2) is 10.9 Å².